The van der Waals surface area contributed by atoms with Gasteiger partial charge >= 0.3 is 0 Å². The van der Waals surface area contributed by atoms with Crippen molar-refractivity contribution in [2.75, 3.05) is 33.2 Å². The summed E-state index contributed by atoms with van der Waals surface area (Å²) in [6.45, 7) is 3.87. The standard InChI is InChI=1S/C24H31ClN2O3/c1-26-15-23-19-6-7-21(28)24(29)20(19)14-22(30-23)17-9-12-27(13-10-17)11-8-16-2-4-18(25)5-3-16/h2-7,17,22-23,26,28-29H,8-15H2,1H3. The van der Waals surface area contributed by atoms with Crippen LogP contribution in [0.2, 0.25) is 5.02 Å². The largest absolute Gasteiger partial charge is 0.504 e. The lowest BCUT2D eigenvalue weighted by Crippen LogP contribution is -2.42. The Morgan fingerprint density at radius 3 is 2.53 bits per heavy atom. The van der Waals surface area contributed by atoms with Crippen LogP contribution in [0.15, 0.2) is 36.4 Å². The van der Waals surface area contributed by atoms with Crippen molar-refractivity contribution in [1.82, 2.24) is 10.2 Å². The quantitative estimate of drug-likeness (QED) is 0.606. The average Bonchev–Trinajstić information content (AvgIpc) is 2.76. The Morgan fingerprint density at radius 1 is 1.10 bits per heavy atom. The Hall–Kier alpha value is -1.79. The summed E-state index contributed by atoms with van der Waals surface area (Å²) in [6.07, 6.45) is 3.84. The Morgan fingerprint density at radius 2 is 1.83 bits per heavy atom. The summed E-state index contributed by atoms with van der Waals surface area (Å²) in [5.74, 6) is 0.433. The molecule has 2 aliphatic heterocycles. The van der Waals surface area contributed by atoms with Gasteiger partial charge in [0.2, 0.25) is 0 Å². The summed E-state index contributed by atoms with van der Waals surface area (Å²) in [6, 6.07) is 11.5. The summed E-state index contributed by atoms with van der Waals surface area (Å²) in [5, 5.41) is 24.4. The van der Waals surface area contributed by atoms with E-state index in [0.717, 1.165) is 55.0 Å². The van der Waals surface area contributed by atoms with Crippen molar-refractivity contribution in [3.05, 3.63) is 58.1 Å². The van der Waals surface area contributed by atoms with Gasteiger partial charge in [0.25, 0.3) is 0 Å². The SMILES string of the molecule is CNCC1OC(C2CCN(CCc3ccc(Cl)cc3)CC2)Cc2c1ccc(O)c2O. The van der Waals surface area contributed by atoms with Crippen LogP contribution in [0.5, 0.6) is 11.5 Å². The molecule has 2 aliphatic rings. The highest BCUT2D eigenvalue weighted by atomic mass is 35.5. The Labute approximate surface area is 183 Å². The normalized spacial score (nSPS) is 22.7. The van der Waals surface area contributed by atoms with Gasteiger partial charge in [0.15, 0.2) is 11.5 Å². The number of hydrogen-bond acceptors (Lipinski definition) is 5. The maximum atomic E-state index is 10.4. The maximum absolute atomic E-state index is 10.4. The predicted molar refractivity (Wildman–Crippen MR) is 119 cm³/mol. The first-order valence-electron chi connectivity index (χ1n) is 10.9. The molecule has 162 valence electrons. The lowest BCUT2D eigenvalue weighted by Gasteiger charge is -2.40. The number of nitrogens with zero attached hydrogens (tertiary/aromatic N) is 1. The fraction of sp³-hybridized carbons (Fsp3) is 0.500. The van der Waals surface area contributed by atoms with E-state index in [9.17, 15) is 10.2 Å². The first-order chi connectivity index (χ1) is 14.5. The van der Waals surface area contributed by atoms with Gasteiger partial charge in [-0.15, -0.1) is 0 Å². The zero-order chi connectivity index (χ0) is 21.1. The number of benzene rings is 2. The first kappa shape index (κ1) is 21.4. The van der Waals surface area contributed by atoms with E-state index in [-0.39, 0.29) is 23.7 Å². The van der Waals surface area contributed by atoms with Gasteiger partial charge in [-0.3, -0.25) is 0 Å². The molecule has 5 nitrogen and oxygen atoms in total. The maximum Gasteiger partial charge on any atom is 0.161 e. The van der Waals surface area contributed by atoms with E-state index >= 15 is 0 Å². The molecule has 6 heteroatoms. The van der Waals surface area contributed by atoms with Crippen molar-refractivity contribution >= 4 is 11.6 Å². The highest BCUT2D eigenvalue weighted by Gasteiger charge is 2.35. The van der Waals surface area contributed by atoms with Crippen LogP contribution in [0.1, 0.15) is 35.6 Å². The summed E-state index contributed by atoms with van der Waals surface area (Å²) >= 11 is 5.97. The Kier molecular flexibility index (Phi) is 6.84. The highest BCUT2D eigenvalue weighted by Crippen LogP contribution is 2.42. The topological polar surface area (TPSA) is 65.0 Å². The fourth-order valence-corrected chi connectivity index (χ4v) is 4.92. The van der Waals surface area contributed by atoms with Crippen LogP contribution in [0.3, 0.4) is 0 Å². The van der Waals surface area contributed by atoms with Gasteiger partial charge in [-0.25, -0.2) is 0 Å². The molecule has 2 heterocycles. The molecule has 0 amide bonds. The summed E-state index contributed by atoms with van der Waals surface area (Å²) in [7, 11) is 1.91. The molecule has 30 heavy (non-hydrogen) atoms. The lowest BCUT2D eigenvalue weighted by molar-refractivity contribution is -0.0670. The number of ether oxygens (including phenoxy) is 1. The molecule has 1 fully saturated rings. The number of fused-ring (bicyclic) bond motifs is 1. The van der Waals surface area contributed by atoms with Gasteiger partial charge in [0.05, 0.1) is 12.2 Å². The van der Waals surface area contributed by atoms with Gasteiger partial charge in [-0.1, -0.05) is 29.8 Å². The summed E-state index contributed by atoms with van der Waals surface area (Å²) in [4.78, 5) is 2.52. The minimum atomic E-state index is -0.0989. The number of nitrogens with one attached hydrogen (secondary N) is 1. The van der Waals surface area contributed by atoms with Crippen LogP contribution in [0.25, 0.3) is 0 Å². The van der Waals surface area contributed by atoms with Gasteiger partial charge in [0.1, 0.15) is 0 Å². The molecular weight excluding hydrogens is 400 g/mol. The third-order valence-electron chi connectivity index (χ3n) is 6.57. The van der Waals surface area contributed by atoms with Gasteiger partial charge < -0.3 is 25.2 Å². The van der Waals surface area contributed by atoms with Crippen LogP contribution in [0.4, 0.5) is 0 Å². The molecule has 2 aromatic carbocycles. The van der Waals surface area contributed by atoms with Gasteiger partial charge in [0, 0.05) is 30.1 Å². The highest BCUT2D eigenvalue weighted by molar-refractivity contribution is 6.30. The van der Waals surface area contributed by atoms with Crippen molar-refractivity contribution in [2.45, 2.75) is 37.9 Å². The van der Waals surface area contributed by atoms with Crippen LogP contribution >= 0.6 is 11.6 Å². The van der Waals surface area contributed by atoms with Gasteiger partial charge in [-0.2, -0.15) is 0 Å². The van der Waals surface area contributed by atoms with Gasteiger partial charge in [-0.05, 0) is 74.6 Å². The first-order valence-corrected chi connectivity index (χ1v) is 11.2. The molecule has 2 unspecified atom stereocenters. The lowest BCUT2D eigenvalue weighted by atomic mass is 9.83. The molecule has 0 aromatic heterocycles. The summed E-state index contributed by atoms with van der Waals surface area (Å²) in [5.41, 5.74) is 3.15. The van der Waals surface area contributed by atoms with Crippen molar-refractivity contribution in [1.29, 1.82) is 0 Å². The van der Waals surface area contributed by atoms with E-state index in [1.54, 1.807) is 6.07 Å². The van der Waals surface area contributed by atoms with E-state index < -0.39 is 0 Å². The molecular formula is C24H31ClN2O3. The van der Waals surface area contributed by atoms with Crippen molar-refractivity contribution < 1.29 is 14.9 Å². The van der Waals surface area contributed by atoms with Crippen molar-refractivity contribution in [3.63, 3.8) is 0 Å². The number of hydrogen-bond donors (Lipinski definition) is 3. The molecule has 0 saturated carbocycles. The second kappa shape index (κ2) is 9.56. The molecule has 0 aliphatic carbocycles. The average molecular weight is 431 g/mol. The Balaban J connectivity index is 1.36. The van der Waals surface area contributed by atoms with E-state index in [4.69, 9.17) is 16.3 Å². The molecule has 2 atom stereocenters. The minimum Gasteiger partial charge on any atom is -0.504 e. The van der Waals surface area contributed by atoms with Crippen LogP contribution in [0, 0.1) is 5.92 Å². The van der Waals surface area contributed by atoms with E-state index in [2.05, 4.69) is 22.3 Å². The molecule has 3 N–H and O–H groups in total. The van der Waals surface area contributed by atoms with E-state index in [1.165, 1.54) is 5.56 Å². The van der Waals surface area contributed by atoms with Crippen LogP contribution < -0.4 is 5.32 Å². The molecule has 0 spiro atoms. The smallest absolute Gasteiger partial charge is 0.161 e. The number of likely N-dealkylation sites (N-methyl/N-ethyl adjacent to an activating group) is 1. The molecule has 0 bridgehead atoms. The monoisotopic (exact) mass is 430 g/mol. The third-order valence-corrected chi connectivity index (χ3v) is 6.82. The van der Waals surface area contributed by atoms with Crippen LogP contribution in [-0.4, -0.2) is 54.4 Å². The zero-order valence-corrected chi connectivity index (χ0v) is 18.2. The van der Waals surface area contributed by atoms with E-state index in [1.807, 2.05) is 25.2 Å². The van der Waals surface area contributed by atoms with Crippen molar-refractivity contribution in [2.24, 2.45) is 5.92 Å². The third kappa shape index (κ3) is 4.75. The second-order valence-corrected chi connectivity index (χ2v) is 8.92. The van der Waals surface area contributed by atoms with Crippen molar-refractivity contribution in [3.8, 4) is 11.5 Å². The predicted octanol–water partition coefficient (Wildman–Crippen LogP) is 3.91. The molecule has 4 rings (SSSR count). The number of halogens is 1. The Bertz CT molecular complexity index is 850. The second-order valence-electron chi connectivity index (χ2n) is 8.48. The molecule has 1 saturated heterocycles. The number of aromatic hydroxyl groups is 2. The number of phenols is 2. The fourth-order valence-electron chi connectivity index (χ4n) is 4.80. The number of likely N-dealkylation sites (tertiary alicyclic amines) is 1. The minimum absolute atomic E-state index is 0.0160. The zero-order valence-electron chi connectivity index (χ0n) is 17.5. The number of piperidine rings is 1. The summed E-state index contributed by atoms with van der Waals surface area (Å²) < 4.78 is 6.48. The number of rotatable bonds is 6. The molecule has 2 aromatic rings. The van der Waals surface area contributed by atoms with Crippen LogP contribution in [-0.2, 0) is 17.6 Å². The number of phenolic OH excluding ortho intramolecular Hbond substituents is 2. The van der Waals surface area contributed by atoms with E-state index in [0.29, 0.717) is 18.9 Å². The molecule has 0 radical (unpaired) electrons.